The molecule has 2 aromatic heterocycles. The quantitative estimate of drug-likeness (QED) is 0.471. The normalized spacial score (nSPS) is 9.83. The molecule has 2 rings (SSSR count). The second-order valence-electron chi connectivity index (χ2n) is 2.41. The van der Waals surface area contributed by atoms with E-state index in [1.54, 1.807) is 6.33 Å². The predicted octanol–water partition coefficient (Wildman–Crippen LogP) is -2.52. The minimum absolute atomic E-state index is 0. The third-order valence-electron chi connectivity index (χ3n) is 1.50. The van der Waals surface area contributed by atoms with Gasteiger partial charge < -0.3 is 14.5 Å². The van der Waals surface area contributed by atoms with Crippen LogP contribution in [0.25, 0.3) is 11.2 Å². The van der Waals surface area contributed by atoms with Crippen LogP contribution in [0, 0.1) is 13.1 Å². The number of imidazole rings is 1. The van der Waals surface area contributed by atoms with Gasteiger partial charge in [0, 0.05) is 24.0 Å². The van der Waals surface area contributed by atoms with Gasteiger partial charge in [-0.15, -0.1) is 0 Å². The Kier molecular flexibility index (Phi) is 3.52. The maximum Gasteiger partial charge on any atom is 1.00 e. The smallest absolute Gasteiger partial charge is 0.372 e. The average Bonchev–Trinajstić information content (AvgIpc) is 2.33. The standard InChI is InChI=1S/C7H7N4.Rb/c1-5-8-3-6-7(10-5)11(2)4-9-6;/h4H,1-2H3;/q-1;+1. The van der Waals surface area contributed by atoms with Gasteiger partial charge in [0.25, 0.3) is 0 Å². The van der Waals surface area contributed by atoms with Crippen molar-refractivity contribution in [1.82, 2.24) is 19.5 Å². The van der Waals surface area contributed by atoms with Crippen molar-refractivity contribution >= 4 is 11.2 Å². The van der Waals surface area contributed by atoms with Crippen LogP contribution in [0.5, 0.6) is 0 Å². The van der Waals surface area contributed by atoms with Crippen LogP contribution in [0.2, 0.25) is 0 Å². The molecule has 12 heavy (non-hydrogen) atoms. The van der Waals surface area contributed by atoms with E-state index in [0.717, 1.165) is 17.0 Å². The van der Waals surface area contributed by atoms with E-state index in [1.165, 1.54) is 0 Å². The Morgan fingerprint density at radius 1 is 1.50 bits per heavy atom. The van der Waals surface area contributed by atoms with E-state index >= 15 is 0 Å². The number of hydrogen-bond donors (Lipinski definition) is 0. The fourth-order valence-electron chi connectivity index (χ4n) is 0.947. The van der Waals surface area contributed by atoms with Crippen molar-refractivity contribution in [2.24, 2.45) is 7.05 Å². The molecule has 2 heterocycles. The SMILES string of the molecule is Cc1n[c-]c2ncn(C)c2n1.[Rb+]. The van der Waals surface area contributed by atoms with Crippen LogP contribution in [-0.2, 0) is 7.05 Å². The van der Waals surface area contributed by atoms with Crippen LogP contribution < -0.4 is 58.2 Å². The van der Waals surface area contributed by atoms with Gasteiger partial charge in [0.1, 0.15) is 0 Å². The van der Waals surface area contributed by atoms with Crippen LogP contribution in [0.3, 0.4) is 0 Å². The number of rotatable bonds is 0. The average molecular weight is 233 g/mol. The van der Waals surface area contributed by atoms with E-state index in [0.29, 0.717) is 0 Å². The van der Waals surface area contributed by atoms with Crippen molar-refractivity contribution in [2.45, 2.75) is 6.92 Å². The number of hydrogen-bond acceptors (Lipinski definition) is 3. The van der Waals surface area contributed by atoms with Crippen molar-refractivity contribution < 1.29 is 58.2 Å². The van der Waals surface area contributed by atoms with Crippen molar-refractivity contribution in [2.75, 3.05) is 0 Å². The summed E-state index contributed by atoms with van der Waals surface area (Å²) in [7, 11) is 1.90. The molecule has 0 aliphatic rings. The van der Waals surface area contributed by atoms with Gasteiger partial charge in [0.15, 0.2) is 0 Å². The van der Waals surface area contributed by atoms with Gasteiger partial charge in [-0.2, -0.15) is 0 Å². The molecular weight excluding hydrogens is 226 g/mol. The summed E-state index contributed by atoms with van der Waals surface area (Å²) in [6.07, 6.45) is 4.50. The Morgan fingerprint density at radius 3 is 3.00 bits per heavy atom. The summed E-state index contributed by atoms with van der Waals surface area (Å²) >= 11 is 0. The second kappa shape index (κ2) is 4.04. The van der Waals surface area contributed by atoms with Gasteiger partial charge in [-0.25, -0.2) is 0 Å². The van der Waals surface area contributed by atoms with E-state index in [4.69, 9.17) is 0 Å². The maximum atomic E-state index is 4.19. The number of aromatic nitrogens is 4. The molecular formula is C7H7N4Rb. The topological polar surface area (TPSA) is 43.6 Å². The molecule has 5 heteroatoms. The fraction of sp³-hybridized carbons (Fsp3) is 0.286. The largest absolute Gasteiger partial charge is 1.00 e. The summed E-state index contributed by atoms with van der Waals surface area (Å²) in [5.41, 5.74) is 1.55. The molecule has 0 spiro atoms. The molecule has 2 aromatic rings. The van der Waals surface area contributed by atoms with Gasteiger partial charge in [0.05, 0.1) is 6.33 Å². The zero-order valence-corrected chi connectivity index (χ0v) is 12.3. The van der Waals surface area contributed by atoms with Crippen LogP contribution >= 0.6 is 0 Å². The molecule has 0 aliphatic carbocycles. The summed E-state index contributed by atoms with van der Waals surface area (Å²) in [4.78, 5) is 12.1. The molecule has 0 N–H and O–H groups in total. The van der Waals surface area contributed by atoms with Gasteiger partial charge >= 0.3 is 58.2 Å². The molecule has 0 atom stereocenters. The molecule has 0 saturated carbocycles. The third-order valence-corrected chi connectivity index (χ3v) is 1.50. The molecule has 0 amide bonds. The van der Waals surface area contributed by atoms with Crippen molar-refractivity contribution in [1.29, 1.82) is 0 Å². The van der Waals surface area contributed by atoms with Crippen molar-refractivity contribution in [3.05, 3.63) is 18.3 Å². The molecule has 0 aromatic carbocycles. The van der Waals surface area contributed by atoms with Gasteiger partial charge in [-0.1, -0.05) is 6.92 Å². The molecule has 0 unspecified atom stereocenters. The molecule has 0 saturated heterocycles. The summed E-state index contributed by atoms with van der Waals surface area (Å²) in [6, 6.07) is 0. The predicted molar refractivity (Wildman–Crippen MR) is 39.9 cm³/mol. The van der Waals surface area contributed by atoms with E-state index in [1.807, 2.05) is 18.5 Å². The first-order valence-corrected chi connectivity index (χ1v) is 3.31. The minimum atomic E-state index is 0. The van der Waals surface area contributed by atoms with Crippen LogP contribution in [-0.4, -0.2) is 19.5 Å². The van der Waals surface area contributed by atoms with Crippen LogP contribution in [0.4, 0.5) is 0 Å². The second-order valence-corrected chi connectivity index (χ2v) is 2.41. The Bertz CT molecular complexity index is 395. The van der Waals surface area contributed by atoms with Gasteiger partial charge in [-0.05, 0) is 6.20 Å². The Labute approximate surface area is 119 Å². The summed E-state index contributed by atoms with van der Waals surface area (Å²) < 4.78 is 1.85. The Morgan fingerprint density at radius 2 is 2.25 bits per heavy atom. The number of aryl methyl sites for hydroxylation is 2. The Balaban J connectivity index is 0.000000720. The first kappa shape index (κ1) is 10.4. The summed E-state index contributed by atoms with van der Waals surface area (Å²) in [6.45, 7) is 1.84. The third kappa shape index (κ3) is 1.81. The van der Waals surface area contributed by atoms with E-state index in [9.17, 15) is 0 Å². The summed E-state index contributed by atoms with van der Waals surface area (Å²) in [5, 5.41) is 0. The summed E-state index contributed by atoms with van der Waals surface area (Å²) in [5.74, 6) is 0.723. The first-order chi connectivity index (χ1) is 5.27. The number of nitrogens with zero attached hydrogens (tertiary/aromatic N) is 4. The molecule has 0 bridgehead atoms. The molecule has 0 aliphatic heterocycles. The van der Waals surface area contributed by atoms with E-state index in [2.05, 4.69) is 21.1 Å². The van der Waals surface area contributed by atoms with Gasteiger partial charge in [0.2, 0.25) is 0 Å². The van der Waals surface area contributed by atoms with Crippen molar-refractivity contribution in [3.63, 3.8) is 0 Å². The van der Waals surface area contributed by atoms with Crippen LogP contribution in [0.1, 0.15) is 5.82 Å². The molecule has 0 fully saturated rings. The molecule has 56 valence electrons. The zero-order chi connectivity index (χ0) is 7.84. The van der Waals surface area contributed by atoms with E-state index in [-0.39, 0.29) is 58.2 Å². The molecule has 0 radical (unpaired) electrons. The monoisotopic (exact) mass is 232 g/mol. The van der Waals surface area contributed by atoms with Crippen molar-refractivity contribution in [3.8, 4) is 0 Å². The zero-order valence-electron chi connectivity index (χ0n) is 7.37. The van der Waals surface area contributed by atoms with Gasteiger partial charge in [-0.3, -0.25) is 4.98 Å². The molecule has 4 nitrogen and oxygen atoms in total. The fourth-order valence-corrected chi connectivity index (χ4v) is 0.947. The minimum Gasteiger partial charge on any atom is -0.372 e. The first-order valence-electron chi connectivity index (χ1n) is 3.31. The maximum absolute atomic E-state index is 4.19. The van der Waals surface area contributed by atoms with Crippen LogP contribution in [0.15, 0.2) is 6.33 Å². The van der Waals surface area contributed by atoms with E-state index < -0.39 is 0 Å². The number of fused-ring (bicyclic) bond motifs is 1. The Hall–Kier alpha value is 0.355.